The average Bonchev–Trinajstić information content (AvgIpc) is 3.51. The van der Waals surface area contributed by atoms with Crippen LogP contribution in [0.1, 0.15) is 33.0 Å². The summed E-state index contributed by atoms with van der Waals surface area (Å²) in [4.78, 5) is 20.7. The van der Waals surface area contributed by atoms with Crippen molar-refractivity contribution in [1.29, 1.82) is 0 Å². The van der Waals surface area contributed by atoms with Crippen molar-refractivity contribution in [3.8, 4) is 0 Å². The fourth-order valence-corrected chi connectivity index (χ4v) is 4.80. The van der Waals surface area contributed by atoms with Gasteiger partial charge in [0.1, 0.15) is 0 Å². The van der Waals surface area contributed by atoms with Gasteiger partial charge in [-0.15, -0.1) is 0 Å². The Morgan fingerprint density at radius 1 is 0.767 bits per heavy atom. The molecule has 1 aliphatic carbocycles. The van der Waals surface area contributed by atoms with Crippen LogP contribution in [-0.4, -0.2) is 15.8 Å². The lowest BCUT2D eigenvalue weighted by Gasteiger charge is -2.18. The van der Waals surface area contributed by atoms with E-state index in [0.717, 1.165) is 44.9 Å². The normalized spacial score (nSPS) is 14.1. The number of nitrogens with one attached hydrogen (secondary N) is 2. The smallest absolute Gasteiger partial charge is 0.176 e. The molecule has 144 valence electrons. The average molecular weight is 388 g/mol. The summed E-state index contributed by atoms with van der Waals surface area (Å²) in [5, 5.41) is 2.07. The molecule has 1 atom stereocenters. The van der Waals surface area contributed by atoms with Gasteiger partial charge in [0.2, 0.25) is 0 Å². The zero-order chi connectivity index (χ0) is 20.1. The summed E-state index contributed by atoms with van der Waals surface area (Å²) >= 11 is 0. The van der Waals surface area contributed by atoms with E-state index in [-0.39, 0.29) is 11.7 Å². The van der Waals surface area contributed by atoms with Crippen LogP contribution >= 0.6 is 0 Å². The van der Waals surface area contributed by atoms with Crippen LogP contribution < -0.4 is 0 Å². The molecule has 0 saturated heterocycles. The number of rotatable bonds is 4. The number of fused-ring (bicyclic) bond motifs is 3. The van der Waals surface area contributed by atoms with Crippen LogP contribution in [0, 0.1) is 0 Å². The van der Waals surface area contributed by atoms with Crippen molar-refractivity contribution in [3.05, 3.63) is 114 Å². The van der Waals surface area contributed by atoms with Gasteiger partial charge in [-0.3, -0.25) is 4.79 Å². The second-order valence-electron chi connectivity index (χ2n) is 7.86. The van der Waals surface area contributed by atoms with Crippen LogP contribution in [0.4, 0.5) is 0 Å². The lowest BCUT2D eigenvalue weighted by Crippen LogP contribution is -2.14. The molecule has 1 aliphatic rings. The molecule has 30 heavy (non-hydrogen) atoms. The maximum absolute atomic E-state index is 14.1. The number of ketones is 1. The zero-order valence-electron chi connectivity index (χ0n) is 16.4. The molecule has 0 amide bonds. The Morgan fingerprint density at radius 3 is 2.30 bits per heavy atom. The number of hydrogen-bond donors (Lipinski definition) is 2. The first-order chi connectivity index (χ1) is 14.8. The molecule has 0 radical (unpaired) electrons. The third-order valence-electron chi connectivity index (χ3n) is 6.23. The van der Waals surface area contributed by atoms with Crippen molar-refractivity contribution in [1.82, 2.24) is 9.97 Å². The minimum absolute atomic E-state index is 0.125. The standard InChI is InChI=1S/C27H20N2O/c30-27(23-16-29-25-12-6-4-10-20(23)25)26(21-14-13-17-7-1-2-8-18(17)21)22-15-28-24-11-5-3-9-19(22)24/h1-12,14-16,26,28-29H,13H2. The third-order valence-corrected chi connectivity index (χ3v) is 6.23. The summed E-state index contributed by atoms with van der Waals surface area (Å²) in [6.45, 7) is 0. The molecular weight excluding hydrogens is 368 g/mol. The Hall–Kier alpha value is -3.85. The maximum atomic E-state index is 14.1. The second kappa shape index (κ2) is 6.60. The van der Waals surface area contributed by atoms with Crippen molar-refractivity contribution in [2.45, 2.75) is 12.3 Å². The second-order valence-corrected chi connectivity index (χ2v) is 7.86. The number of aromatic amines is 2. The van der Waals surface area contributed by atoms with Gasteiger partial charge in [0.05, 0.1) is 5.92 Å². The lowest BCUT2D eigenvalue weighted by molar-refractivity contribution is 0.0981. The van der Waals surface area contributed by atoms with E-state index in [1.807, 2.05) is 48.8 Å². The van der Waals surface area contributed by atoms with Gasteiger partial charge in [-0.25, -0.2) is 0 Å². The molecule has 3 heteroatoms. The summed E-state index contributed by atoms with van der Waals surface area (Å²) in [6.07, 6.45) is 6.95. The molecule has 0 aliphatic heterocycles. The number of benzene rings is 3. The fourth-order valence-electron chi connectivity index (χ4n) is 4.80. The highest BCUT2D eigenvalue weighted by molar-refractivity contribution is 6.17. The van der Waals surface area contributed by atoms with Gasteiger partial charge in [0, 0.05) is 39.8 Å². The topological polar surface area (TPSA) is 48.6 Å². The Labute approximate surface area is 174 Å². The van der Waals surface area contributed by atoms with Gasteiger partial charge in [0.15, 0.2) is 5.78 Å². The van der Waals surface area contributed by atoms with Crippen LogP contribution in [-0.2, 0) is 6.42 Å². The molecule has 2 N–H and O–H groups in total. The molecule has 6 rings (SSSR count). The molecule has 2 heterocycles. The summed E-state index contributed by atoms with van der Waals surface area (Å²) in [7, 11) is 0. The molecule has 2 aromatic heterocycles. The number of Topliss-reactive ketones (excluding diaryl/α,β-unsaturated/α-hetero) is 1. The van der Waals surface area contributed by atoms with E-state index in [4.69, 9.17) is 0 Å². The predicted octanol–water partition coefficient (Wildman–Crippen LogP) is 6.26. The Kier molecular flexibility index (Phi) is 3.75. The van der Waals surface area contributed by atoms with Crippen molar-refractivity contribution < 1.29 is 4.79 Å². The van der Waals surface area contributed by atoms with Crippen LogP contribution in [0.3, 0.4) is 0 Å². The van der Waals surface area contributed by atoms with Gasteiger partial charge in [-0.05, 0) is 40.8 Å². The van der Waals surface area contributed by atoms with Crippen LogP contribution in [0.15, 0.2) is 91.3 Å². The number of aromatic nitrogens is 2. The first kappa shape index (κ1) is 17.0. The maximum Gasteiger partial charge on any atom is 0.176 e. The number of carbonyl (C=O) groups excluding carboxylic acids is 1. The Bertz CT molecular complexity index is 1450. The van der Waals surface area contributed by atoms with Gasteiger partial charge < -0.3 is 9.97 Å². The van der Waals surface area contributed by atoms with E-state index < -0.39 is 0 Å². The molecule has 0 spiro atoms. The molecule has 3 aromatic carbocycles. The number of hydrogen-bond acceptors (Lipinski definition) is 1. The van der Waals surface area contributed by atoms with Crippen LogP contribution in [0.2, 0.25) is 0 Å². The van der Waals surface area contributed by atoms with Gasteiger partial charge in [0.25, 0.3) is 0 Å². The van der Waals surface area contributed by atoms with Crippen LogP contribution in [0.25, 0.3) is 27.4 Å². The molecule has 3 nitrogen and oxygen atoms in total. The van der Waals surface area contributed by atoms with Crippen molar-refractivity contribution in [2.75, 3.05) is 0 Å². The molecule has 5 aromatic rings. The van der Waals surface area contributed by atoms with Gasteiger partial charge >= 0.3 is 0 Å². The summed E-state index contributed by atoms with van der Waals surface area (Å²) in [5.41, 5.74) is 7.38. The zero-order valence-corrected chi connectivity index (χ0v) is 16.4. The third kappa shape index (κ3) is 2.49. The minimum atomic E-state index is -0.357. The quantitative estimate of drug-likeness (QED) is 0.351. The summed E-state index contributed by atoms with van der Waals surface area (Å²) in [6, 6.07) is 24.6. The lowest BCUT2D eigenvalue weighted by atomic mass is 9.82. The van der Waals surface area contributed by atoms with Crippen molar-refractivity contribution >= 4 is 33.2 Å². The molecule has 0 saturated carbocycles. The highest BCUT2D eigenvalue weighted by Crippen LogP contribution is 2.43. The highest BCUT2D eigenvalue weighted by atomic mass is 16.1. The summed E-state index contributed by atoms with van der Waals surface area (Å²) in [5.74, 6) is -0.232. The molecule has 1 unspecified atom stereocenters. The highest BCUT2D eigenvalue weighted by Gasteiger charge is 2.32. The fraction of sp³-hybridized carbons (Fsp3) is 0.0741. The van der Waals surface area contributed by atoms with Crippen molar-refractivity contribution in [3.63, 3.8) is 0 Å². The summed E-state index contributed by atoms with van der Waals surface area (Å²) < 4.78 is 0. The molecular formula is C27H20N2O. The van der Waals surface area contributed by atoms with E-state index >= 15 is 0 Å². The van der Waals surface area contributed by atoms with Crippen molar-refractivity contribution in [2.24, 2.45) is 0 Å². The van der Waals surface area contributed by atoms with Gasteiger partial charge in [-0.2, -0.15) is 0 Å². The first-order valence-electron chi connectivity index (χ1n) is 10.3. The van der Waals surface area contributed by atoms with E-state index in [2.05, 4.69) is 52.4 Å². The molecule has 0 fully saturated rings. The van der Waals surface area contributed by atoms with E-state index in [9.17, 15) is 4.79 Å². The Morgan fingerprint density at radius 2 is 1.43 bits per heavy atom. The van der Waals surface area contributed by atoms with E-state index in [0.29, 0.717) is 0 Å². The van der Waals surface area contributed by atoms with Crippen LogP contribution in [0.5, 0.6) is 0 Å². The van der Waals surface area contributed by atoms with E-state index in [1.54, 1.807) is 0 Å². The SMILES string of the molecule is O=C(c1c[nH]c2ccccc12)C(C1=CCc2ccccc21)c1c[nH]c2ccccc12. The molecule has 0 bridgehead atoms. The predicted molar refractivity (Wildman–Crippen MR) is 122 cm³/mol. The van der Waals surface area contributed by atoms with Gasteiger partial charge in [-0.1, -0.05) is 66.7 Å². The minimum Gasteiger partial charge on any atom is -0.361 e. The number of para-hydroxylation sites is 2. The Balaban J connectivity index is 1.57. The number of carbonyl (C=O) groups is 1. The monoisotopic (exact) mass is 388 g/mol. The number of allylic oxidation sites excluding steroid dienone is 2. The first-order valence-corrected chi connectivity index (χ1v) is 10.3. The largest absolute Gasteiger partial charge is 0.361 e. The number of H-pyrrole nitrogens is 2. The van der Waals surface area contributed by atoms with E-state index in [1.165, 1.54) is 11.1 Å².